The van der Waals surface area contributed by atoms with Gasteiger partial charge in [0.1, 0.15) is 0 Å². The van der Waals surface area contributed by atoms with Gasteiger partial charge in [0.15, 0.2) is 0 Å². The SMILES string of the molecule is C1=CCC1.C1CCC1.C1CCC1.C1CCC1. The van der Waals surface area contributed by atoms with E-state index in [9.17, 15) is 0 Å². The molecular formula is C16H30. The second-order valence-electron chi connectivity index (χ2n) is 5.29. The van der Waals surface area contributed by atoms with Crippen LogP contribution in [0.5, 0.6) is 0 Å². The zero-order valence-electron chi connectivity index (χ0n) is 11.1. The summed E-state index contributed by atoms with van der Waals surface area (Å²) in [6, 6.07) is 0. The molecule has 3 saturated carbocycles. The lowest BCUT2D eigenvalue weighted by atomic mass is 10.0. The van der Waals surface area contributed by atoms with Gasteiger partial charge in [-0.1, -0.05) is 89.2 Å². The van der Waals surface area contributed by atoms with Crippen molar-refractivity contribution in [3.63, 3.8) is 0 Å². The molecule has 0 atom stereocenters. The summed E-state index contributed by atoms with van der Waals surface area (Å²) >= 11 is 0. The molecule has 0 aromatic rings. The molecule has 16 heavy (non-hydrogen) atoms. The Morgan fingerprint density at radius 1 is 0.312 bits per heavy atom. The number of hydrogen-bond donors (Lipinski definition) is 0. The molecule has 94 valence electrons. The molecule has 4 aliphatic carbocycles. The highest BCUT2D eigenvalue weighted by Gasteiger charge is 1.96. The first-order chi connectivity index (χ1) is 8.00. The van der Waals surface area contributed by atoms with Crippen LogP contribution in [0.25, 0.3) is 0 Å². The summed E-state index contributed by atoms with van der Waals surface area (Å²) in [5.41, 5.74) is 0. The fourth-order valence-corrected chi connectivity index (χ4v) is 0.917. The molecule has 0 heterocycles. The van der Waals surface area contributed by atoms with Gasteiger partial charge in [0.05, 0.1) is 0 Å². The minimum absolute atomic E-state index is 1.32. The van der Waals surface area contributed by atoms with Gasteiger partial charge in [-0.25, -0.2) is 0 Å². The molecule has 0 unspecified atom stereocenters. The Labute approximate surface area is 103 Å². The third-order valence-corrected chi connectivity index (χ3v) is 3.67. The Balaban J connectivity index is 0.000000107. The van der Waals surface area contributed by atoms with Crippen molar-refractivity contribution in [2.24, 2.45) is 0 Å². The molecule has 4 rings (SSSR count). The average Bonchev–Trinajstić information content (AvgIpc) is 1.62. The molecule has 0 radical (unpaired) electrons. The van der Waals surface area contributed by atoms with Crippen molar-refractivity contribution >= 4 is 0 Å². The maximum absolute atomic E-state index is 2.18. The van der Waals surface area contributed by atoms with Crippen molar-refractivity contribution in [2.45, 2.75) is 89.9 Å². The first-order valence-corrected chi connectivity index (χ1v) is 7.65. The smallest absolute Gasteiger partial charge is 0.0316 e. The highest BCUT2D eigenvalue weighted by atomic mass is 14.0. The summed E-state index contributed by atoms with van der Waals surface area (Å²) in [4.78, 5) is 0. The summed E-state index contributed by atoms with van der Waals surface area (Å²) in [6.07, 6.45) is 25.0. The van der Waals surface area contributed by atoms with E-state index in [-0.39, 0.29) is 0 Å². The van der Waals surface area contributed by atoms with Gasteiger partial charge in [-0.2, -0.15) is 0 Å². The molecule has 0 bridgehead atoms. The lowest BCUT2D eigenvalue weighted by molar-refractivity contribution is 0.504. The second-order valence-corrected chi connectivity index (χ2v) is 5.29. The molecule has 0 nitrogen and oxygen atoms in total. The van der Waals surface area contributed by atoms with Crippen LogP contribution in [-0.2, 0) is 0 Å². The first-order valence-electron chi connectivity index (χ1n) is 7.65. The first kappa shape index (κ1) is 13.8. The fourth-order valence-electron chi connectivity index (χ4n) is 0.917. The molecule has 4 aliphatic rings. The highest BCUT2D eigenvalue weighted by Crippen LogP contribution is 2.15. The van der Waals surface area contributed by atoms with Crippen molar-refractivity contribution in [1.29, 1.82) is 0 Å². The minimum Gasteiger partial charge on any atom is -0.0882 e. The molecule has 0 N–H and O–H groups in total. The van der Waals surface area contributed by atoms with Gasteiger partial charge in [-0.3, -0.25) is 0 Å². The van der Waals surface area contributed by atoms with Crippen molar-refractivity contribution < 1.29 is 0 Å². The molecule has 0 aliphatic heterocycles. The van der Waals surface area contributed by atoms with Gasteiger partial charge < -0.3 is 0 Å². The van der Waals surface area contributed by atoms with Gasteiger partial charge in [-0.15, -0.1) is 0 Å². The van der Waals surface area contributed by atoms with Crippen LogP contribution in [0.2, 0.25) is 0 Å². The third-order valence-electron chi connectivity index (χ3n) is 3.67. The summed E-state index contributed by atoms with van der Waals surface area (Å²) < 4.78 is 0. The second kappa shape index (κ2) is 11.2. The molecule has 0 spiro atoms. The Kier molecular flexibility index (Phi) is 9.69. The lowest BCUT2D eigenvalue weighted by Crippen LogP contribution is -1.85. The molecular weight excluding hydrogens is 192 g/mol. The quantitative estimate of drug-likeness (QED) is 0.440. The summed E-state index contributed by atoms with van der Waals surface area (Å²) in [6.45, 7) is 0. The van der Waals surface area contributed by atoms with Crippen molar-refractivity contribution in [1.82, 2.24) is 0 Å². The van der Waals surface area contributed by atoms with Gasteiger partial charge in [0.2, 0.25) is 0 Å². The highest BCUT2D eigenvalue weighted by molar-refractivity contribution is 4.92. The molecule has 0 saturated heterocycles. The van der Waals surface area contributed by atoms with Gasteiger partial charge in [0, 0.05) is 0 Å². The number of rotatable bonds is 0. The predicted octanol–water partition coefficient (Wildman–Crippen LogP) is 6.02. The van der Waals surface area contributed by atoms with E-state index in [0.717, 1.165) is 0 Å². The van der Waals surface area contributed by atoms with Crippen LogP contribution in [0, 0.1) is 0 Å². The van der Waals surface area contributed by atoms with Crippen LogP contribution >= 0.6 is 0 Å². The summed E-state index contributed by atoms with van der Waals surface area (Å²) in [5, 5.41) is 0. The van der Waals surface area contributed by atoms with Crippen LogP contribution in [0.15, 0.2) is 12.2 Å². The summed E-state index contributed by atoms with van der Waals surface area (Å²) in [7, 11) is 0. The van der Waals surface area contributed by atoms with Crippen LogP contribution < -0.4 is 0 Å². The van der Waals surface area contributed by atoms with E-state index in [0.29, 0.717) is 0 Å². The van der Waals surface area contributed by atoms with E-state index in [1.165, 1.54) is 89.9 Å². The monoisotopic (exact) mass is 222 g/mol. The van der Waals surface area contributed by atoms with Gasteiger partial charge >= 0.3 is 0 Å². The molecule has 3 fully saturated rings. The Hall–Kier alpha value is -0.260. The zero-order chi connectivity index (χ0) is 11.3. The normalized spacial score (nSPS) is 23.0. The van der Waals surface area contributed by atoms with Crippen molar-refractivity contribution in [3.05, 3.63) is 12.2 Å². The largest absolute Gasteiger partial charge is 0.0882 e. The zero-order valence-corrected chi connectivity index (χ0v) is 11.1. The van der Waals surface area contributed by atoms with Crippen LogP contribution in [0.4, 0.5) is 0 Å². The molecule has 0 heteroatoms. The number of hydrogen-bond acceptors (Lipinski definition) is 0. The topological polar surface area (TPSA) is 0 Å². The van der Waals surface area contributed by atoms with Gasteiger partial charge in [-0.05, 0) is 12.8 Å². The maximum Gasteiger partial charge on any atom is -0.0316 e. The van der Waals surface area contributed by atoms with E-state index in [2.05, 4.69) is 12.2 Å². The minimum atomic E-state index is 1.32. The van der Waals surface area contributed by atoms with Crippen LogP contribution in [-0.4, -0.2) is 0 Å². The van der Waals surface area contributed by atoms with E-state index in [1.54, 1.807) is 0 Å². The van der Waals surface area contributed by atoms with Crippen LogP contribution in [0.1, 0.15) is 89.9 Å². The fraction of sp³-hybridized carbons (Fsp3) is 0.875. The summed E-state index contributed by atoms with van der Waals surface area (Å²) in [5.74, 6) is 0. The molecule has 0 aromatic heterocycles. The third kappa shape index (κ3) is 9.00. The Morgan fingerprint density at radius 3 is 0.438 bits per heavy atom. The van der Waals surface area contributed by atoms with Crippen LogP contribution in [0.3, 0.4) is 0 Å². The molecule has 0 aromatic carbocycles. The van der Waals surface area contributed by atoms with E-state index < -0.39 is 0 Å². The number of allylic oxidation sites excluding steroid dienone is 2. The average molecular weight is 222 g/mol. The predicted molar refractivity (Wildman–Crippen MR) is 73.8 cm³/mol. The van der Waals surface area contributed by atoms with E-state index >= 15 is 0 Å². The van der Waals surface area contributed by atoms with Crippen molar-refractivity contribution in [2.75, 3.05) is 0 Å². The van der Waals surface area contributed by atoms with E-state index in [4.69, 9.17) is 0 Å². The standard InChI is InChI=1S/3C4H8.C4H6/c4*1-2-4-3-1/h3*1-4H2;1-2H,3-4H2. The Bertz CT molecular complexity index is 108. The lowest BCUT2D eigenvalue weighted by Gasteiger charge is -2.05. The molecule has 0 amide bonds. The van der Waals surface area contributed by atoms with Gasteiger partial charge in [0.25, 0.3) is 0 Å². The van der Waals surface area contributed by atoms with Crippen molar-refractivity contribution in [3.8, 4) is 0 Å². The Morgan fingerprint density at radius 2 is 0.438 bits per heavy atom. The maximum atomic E-state index is 2.18. The van der Waals surface area contributed by atoms with E-state index in [1.807, 2.05) is 0 Å².